The highest BCUT2D eigenvalue weighted by Gasteiger charge is 2.51. The third-order valence-corrected chi connectivity index (χ3v) is 4.15. The van der Waals surface area contributed by atoms with E-state index >= 15 is 0 Å². The van der Waals surface area contributed by atoms with Crippen molar-refractivity contribution in [2.24, 2.45) is 5.92 Å². The van der Waals surface area contributed by atoms with Gasteiger partial charge in [-0.15, -0.1) is 0 Å². The number of urea groups is 1. The van der Waals surface area contributed by atoms with Gasteiger partial charge in [-0.25, -0.2) is 9.18 Å². The molecular weight excluding hydrogens is 247 g/mol. The molecule has 3 aliphatic rings. The molecule has 0 spiro atoms. The van der Waals surface area contributed by atoms with Gasteiger partial charge in [0.25, 0.3) is 0 Å². The summed E-state index contributed by atoms with van der Waals surface area (Å²) in [5.74, 6) is -1.83. The van der Waals surface area contributed by atoms with E-state index in [0.717, 1.165) is 25.7 Å². The normalized spacial score (nSPS) is 28.0. The molecule has 0 aromatic heterocycles. The highest BCUT2D eigenvalue weighted by molar-refractivity contribution is 6.17. The molecule has 19 heavy (non-hydrogen) atoms. The summed E-state index contributed by atoms with van der Waals surface area (Å²) in [7, 11) is 1.60. The first kappa shape index (κ1) is 12.3. The number of imide groups is 1. The maximum atomic E-state index is 13.9. The molecule has 1 atom stereocenters. The second kappa shape index (κ2) is 4.40. The first-order valence-electron chi connectivity index (χ1n) is 6.62. The van der Waals surface area contributed by atoms with Gasteiger partial charge in [0.2, 0.25) is 0 Å². The summed E-state index contributed by atoms with van der Waals surface area (Å²) in [5.41, 5.74) is 0.434. The topological polar surface area (TPSA) is 40.4 Å². The van der Waals surface area contributed by atoms with Crippen LogP contribution in [0.2, 0.25) is 0 Å². The summed E-state index contributed by atoms with van der Waals surface area (Å²) in [6.45, 7) is 0. The van der Waals surface area contributed by atoms with E-state index in [1.165, 1.54) is 21.6 Å². The average Bonchev–Trinajstić information content (AvgIpc) is 2.90. The molecule has 0 saturated heterocycles. The summed E-state index contributed by atoms with van der Waals surface area (Å²) in [4.78, 5) is 26.0. The molecule has 0 radical (unpaired) electrons. The van der Waals surface area contributed by atoms with E-state index in [1.807, 2.05) is 0 Å². The number of rotatable bonds is 1. The number of halogens is 1. The summed E-state index contributed by atoms with van der Waals surface area (Å²) in [5, 5.41) is 0. The molecule has 2 aliphatic carbocycles. The molecule has 5 heteroatoms. The lowest BCUT2D eigenvalue weighted by molar-refractivity contribution is -0.407. The number of hydrogen-bond acceptors (Lipinski definition) is 2. The molecule has 4 nitrogen and oxygen atoms in total. The van der Waals surface area contributed by atoms with Crippen molar-refractivity contribution in [3.8, 4) is 0 Å². The molecule has 0 aromatic rings. The number of fused-ring (bicyclic) bond motifs is 1. The Labute approximate surface area is 110 Å². The molecule has 1 unspecified atom stereocenters. The summed E-state index contributed by atoms with van der Waals surface area (Å²) >= 11 is 0. The van der Waals surface area contributed by atoms with Crippen molar-refractivity contribution in [2.75, 3.05) is 7.05 Å². The summed E-state index contributed by atoms with van der Waals surface area (Å²) in [6.07, 6.45) is 8.15. The second-order valence-electron chi connectivity index (χ2n) is 5.26. The molecule has 1 heterocycles. The molecule has 1 saturated carbocycles. The molecule has 0 bridgehead atoms. The monoisotopic (exact) mass is 263 g/mol. The minimum atomic E-state index is -0.937. The first-order valence-corrected chi connectivity index (χ1v) is 6.62. The SMILES string of the molecule is C[N+]1=C2C=CC=C(F)C2C(=O)N(C2CCCC2)C1=O. The lowest BCUT2D eigenvalue weighted by Crippen LogP contribution is -2.57. The van der Waals surface area contributed by atoms with Gasteiger partial charge >= 0.3 is 11.9 Å². The lowest BCUT2D eigenvalue weighted by atomic mass is 9.92. The molecule has 0 aromatic carbocycles. The van der Waals surface area contributed by atoms with Gasteiger partial charge in [0, 0.05) is 0 Å². The fraction of sp³-hybridized carbons (Fsp3) is 0.500. The lowest BCUT2D eigenvalue weighted by Gasteiger charge is -2.29. The Morgan fingerprint density at radius 3 is 2.68 bits per heavy atom. The Balaban J connectivity index is 2.05. The number of nitrogens with zero attached hydrogens (tertiary/aromatic N) is 2. The van der Waals surface area contributed by atoms with Crippen LogP contribution in [0, 0.1) is 5.92 Å². The van der Waals surface area contributed by atoms with Crippen LogP contribution in [0.25, 0.3) is 0 Å². The zero-order valence-corrected chi connectivity index (χ0v) is 10.8. The van der Waals surface area contributed by atoms with Crippen LogP contribution < -0.4 is 0 Å². The van der Waals surface area contributed by atoms with E-state index < -0.39 is 17.7 Å². The van der Waals surface area contributed by atoms with Gasteiger partial charge in [0.1, 0.15) is 17.6 Å². The maximum absolute atomic E-state index is 13.9. The average molecular weight is 263 g/mol. The van der Waals surface area contributed by atoms with Crippen LogP contribution >= 0.6 is 0 Å². The Kier molecular flexibility index (Phi) is 2.84. The predicted octanol–water partition coefficient (Wildman–Crippen LogP) is 2.01. The zero-order valence-electron chi connectivity index (χ0n) is 10.8. The summed E-state index contributed by atoms with van der Waals surface area (Å²) < 4.78 is 15.3. The third kappa shape index (κ3) is 1.76. The van der Waals surface area contributed by atoms with Crippen molar-refractivity contribution in [3.63, 3.8) is 0 Å². The summed E-state index contributed by atoms with van der Waals surface area (Å²) in [6, 6.07) is -0.398. The standard InChI is InChI=1S/C14H16FN2O2/c1-16-11-8-4-7-10(15)12(11)13(18)17(14(16)19)9-5-2-3-6-9/h4,7-9,12H,2-3,5-6H2,1H3/q+1. The quantitative estimate of drug-likeness (QED) is 0.679. The van der Waals surface area contributed by atoms with Crippen LogP contribution in [0.15, 0.2) is 24.1 Å². The Bertz CT molecular complexity index is 542. The minimum absolute atomic E-state index is 0.0669. The molecule has 3 amide bonds. The van der Waals surface area contributed by atoms with Crippen LogP contribution in [0.3, 0.4) is 0 Å². The smallest absolute Gasteiger partial charge is 0.245 e. The molecule has 1 fully saturated rings. The van der Waals surface area contributed by atoms with E-state index in [2.05, 4.69) is 0 Å². The highest BCUT2D eigenvalue weighted by Crippen LogP contribution is 2.31. The van der Waals surface area contributed by atoms with Crippen LogP contribution in [-0.4, -0.2) is 40.2 Å². The number of hydrogen-bond donors (Lipinski definition) is 0. The van der Waals surface area contributed by atoms with Gasteiger partial charge < -0.3 is 0 Å². The fourth-order valence-corrected chi connectivity index (χ4v) is 3.13. The van der Waals surface area contributed by atoms with Gasteiger partial charge in [0.15, 0.2) is 5.92 Å². The Morgan fingerprint density at radius 1 is 1.32 bits per heavy atom. The van der Waals surface area contributed by atoms with Crippen LogP contribution in [0.4, 0.5) is 9.18 Å². The maximum Gasteiger partial charge on any atom is 0.500 e. The Hall–Kier alpha value is -1.78. The van der Waals surface area contributed by atoms with E-state index in [1.54, 1.807) is 13.1 Å². The predicted molar refractivity (Wildman–Crippen MR) is 67.5 cm³/mol. The van der Waals surface area contributed by atoms with Gasteiger partial charge in [-0.05, 0) is 37.8 Å². The van der Waals surface area contributed by atoms with Crippen molar-refractivity contribution >= 4 is 17.6 Å². The number of carbonyl (C=O) groups is 2. The van der Waals surface area contributed by atoms with Gasteiger partial charge in [-0.3, -0.25) is 0 Å². The molecule has 0 N–H and O–H groups in total. The van der Waals surface area contributed by atoms with E-state index in [4.69, 9.17) is 0 Å². The van der Waals surface area contributed by atoms with Gasteiger partial charge in [-0.2, -0.15) is 14.3 Å². The van der Waals surface area contributed by atoms with Crippen molar-refractivity contribution in [1.82, 2.24) is 4.90 Å². The van der Waals surface area contributed by atoms with E-state index in [9.17, 15) is 14.0 Å². The largest absolute Gasteiger partial charge is 0.500 e. The van der Waals surface area contributed by atoms with Crippen molar-refractivity contribution < 1.29 is 18.6 Å². The number of allylic oxidation sites excluding steroid dienone is 3. The van der Waals surface area contributed by atoms with Gasteiger partial charge in [0.05, 0.1) is 7.05 Å². The number of carbonyl (C=O) groups excluding carboxylic acids is 2. The molecular formula is C14H16FN2O2+. The molecule has 100 valence electrons. The van der Waals surface area contributed by atoms with Crippen molar-refractivity contribution in [2.45, 2.75) is 31.7 Å². The fourth-order valence-electron chi connectivity index (χ4n) is 3.13. The molecule has 3 rings (SSSR count). The van der Waals surface area contributed by atoms with Crippen LogP contribution in [-0.2, 0) is 4.79 Å². The third-order valence-electron chi connectivity index (χ3n) is 4.15. The second-order valence-corrected chi connectivity index (χ2v) is 5.26. The van der Waals surface area contributed by atoms with E-state index in [-0.39, 0.29) is 12.1 Å². The Morgan fingerprint density at radius 2 is 2.00 bits per heavy atom. The van der Waals surface area contributed by atoms with Crippen LogP contribution in [0.5, 0.6) is 0 Å². The van der Waals surface area contributed by atoms with Crippen molar-refractivity contribution in [1.29, 1.82) is 0 Å². The minimum Gasteiger partial charge on any atom is -0.245 e. The molecule has 1 aliphatic heterocycles. The number of amides is 3. The van der Waals surface area contributed by atoms with Crippen molar-refractivity contribution in [3.05, 3.63) is 24.1 Å². The first-order chi connectivity index (χ1) is 9.11. The van der Waals surface area contributed by atoms with E-state index in [0.29, 0.717) is 5.71 Å². The van der Waals surface area contributed by atoms with Crippen LogP contribution in [0.1, 0.15) is 25.7 Å². The highest BCUT2D eigenvalue weighted by atomic mass is 19.1. The van der Waals surface area contributed by atoms with Gasteiger partial charge in [-0.1, -0.05) is 6.08 Å². The zero-order chi connectivity index (χ0) is 13.6.